The maximum Gasteiger partial charge on any atom is 0.249 e. The molecular weight excluding hydrogens is 399 g/mol. The van der Waals surface area contributed by atoms with E-state index in [1.807, 2.05) is 0 Å². The minimum absolute atomic E-state index is 0.120. The smallest absolute Gasteiger partial charge is 0.249 e. The number of hydrogen-bond donors (Lipinski definition) is 0. The number of halogens is 1. The van der Waals surface area contributed by atoms with Crippen molar-refractivity contribution in [3.05, 3.63) is 58.6 Å². The lowest BCUT2D eigenvalue weighted by Gasteiger charge is -2.04. The molecule has 1 heterocycles. The molecule has 0 unspecified atom stereocenters. The van der Waals surface area contributed by atoms with Gasteiger partial charge >= 0.3 is 0 Å². The Labute approximate surface area is 170 Å². The van der Waals surface area contributed by atoms with Crippen molar-refractivity contribution in [2.75, 3.05) is 17.8 Å². The van der Waals surface area contributed by atoms with Crippen LogP contribution in [0.15, 0.2) is 52.4 Å². The van der Waals surface area contributed by atoms with Crippen LogP contribution in [0.4, 0.5) is 4.39 Å². The molecule has 0 saturated heterocycles. The van der Waals surface area contributed by atoms with Crippen LogP contribution in [0.2, 0.25) is 0 Å². The van der Waals surface area contributed by atoms with E-state index in [1.54, 1.807) is 35.2 Å². The van der Waals surface area contributed by atoms with Crippen LogP contribution in [-0.2, 0) is 11.3 Å². The number of carbonyl (C=O) groups excluding carboxylic acids is 1. The van der Waals surface area contributed by atoms with Crippen molar-refractivity contribution in [1.82, 2.24) is 4.57 Å². The first-order valence-electron chi connectivity index (χ1n) is 8.61. The Balaban J connectivity index is 1.75. The predicted octanol–water partition coefficient (Wildman–Crippen LogP) is 5.12. The van der Waals surface area contributed by atoms with Crippen LogP contribution >= 0.6 is 34.9 Å². The monoisotopic (exact) mass is 420 g/mol. The molecule has 0 bridgehead atoms. The van der Waals surface area contributed by atoms with E-state index < -0.39 is 0 Å². The lowest BCUT2D eigenvalue weighted by atomic mass is 10.2. The lowest BCUT2D eigenvalue weighted by Crippen LogP contribution is -2.18. The number of aromatic nitrogens is 1. The number of aryl methyl sites for hydroxylation is 2. The van der Waals surface area contributed by atoms with Gasteiger partial charge in [-0.05, 0) is 55.1 Å². The molecule has 1 aromatic heterocycles. The molecule has 27 heavy (non-hydrogen) atoms. The van der Waals surface area contributed by atoms with Gasteiger partial charge in [0, 0.05) is 29.4 Å². The SMILES string of the molecule is CSCCn1c(=NC(=O)CCSc2ccc(F)cc2)sc2cc(C)ccc21. The summed E-state index contributed by atoms with van der Waals surface area (Å²) in [7, 11) is 0. The molecule has 0 aliphatic heterocycles. The molecule has 1 amide bonds. The minimum Gasteiger partial charge on any atom is -0.316 e. The molecule has 2 aromatic carbocycles. The van der Waals surface area contributed by atoms with Crippen molar-refractivity contribution in [2.24, 2.45) is 4.99 Å². The van der Waals surface area contributed by atoms with Crippen LogP contribution in [0.25, 0.3) is 10.2 Å². The van der Waals surface area contributed by atoms with E-state index in [4.69, 9.17) is 0 Å². The van der Waals surface area contributed by atoms with Crippen molar-refractivity contribution in [3.8, 4) is 0 Å². The van der Waals surface area contributed by atoms with E-state index in [2.05, 4.69) is 40.9 Å². The van der Waals surface area contributed by atoms with Crippen LogP contribution in [0, 0.1) is 12.7 Å². The van der Waals surface area contributed by atoms with Crippen LogP contribution < -0.4 is 4.80 Å². The molecule has 3 aromatic rings. The Bertz CT molecular complexity index is 993. The fourth-order valence-electron chi connectivity index (χ4n) is 2.61. The lowest BCUT2D eigenvalue weighted by molar-refractivity contribution is -0.117. The number of benzene rings is 2. The van der Waals surface area contributed by atoms with Gasteiger partial charge in [0.25, 0.3) is 0 Å². The number of amides is 1. The maximum absolute atomic E-state index is 12.9. The first-order valence-corrected chi connectivity index (χ1v) is 11.8. The van der Waals surface area contributed by atoms with Gasteiger partial charge in [-0.3, -0.25) is 4.79 Å². The molecule has 142 valence electrons. The highest BCUT2D eigenvalue weighted by Crippen LogP contribution is 2.20. The molecule has 3 nitrogen and oxygen atoms in total. The number of carbonyl (C=O) groups is 1. The zero-order valence-corrected chi connectivity index (χ0v) is 17.7. The number of fused-ring (bicyclic) bond motifs is 1. The van der Waals surface area contributed by atoms with E-state index in [-0.39, 0.29) is 11.7 Å². The minimum atomic E-state index is -0.250. The van der Waals surface area contributed by atoms with E-state index >= 15 is 0 Å². The van der Waals surface area contributed by atoms with Crippen LogP contribution in [0.1, 0.15) is 12.0 Å². The predicted molar refractivity (Wildman–Crippen MR) is 115 cm³/mol. The van der Waals surface area contributed by atoms with Gasteiger partial charge in [-0.15, -0.1) is 11.8 Å². The van der Waals surface area contributed by atoms with Crippen molar-refractivity contribution in [1.29, 1.82) is 0 Å². The quantitative estimate of drug-likeness (QED) is 0.497. The molecule has 0 radical (unpaired) electrons. The summed E-state index contributed by atoms with van der Waals surface area (Å²) < 4.78 is 16.2. The average molecular weight is 421 g/mol. The third kappa shape index (κ3) is 5.46. The third-order valence-electron chi connectivity index (χ3n) is 3.98. The van der Waals surface area contributed by atoms with Crippen molar-refractivity contribution in [2.45, 2.75) is 24.8 Å². The molecule has 0 fully saturated rings. The van der Waals surface area contributed by atoms with Crippen molar-refractivity contribution >= 4 is 51.0 Å². The number of rotatable bonds is 7. The Kier molecular flexibility index (Phi) is 7.15. The van der Waals surface area contributed by atoms with Crippen molar-refractivity contribution < 1.29 is 9.18 Å². The molecule has 0 saturated carbocycles. The molecular formula is C20H21FN2OS3. The van der Waals surface area contributed by atoms with Crippen LogP contribution in [0.3, 0.4) is 0 Å². The van der Waals surface area contributed by atoms with Gasteiger partial charge in [-0.2, -0.15) is 16.8 Å². The van der Waals surface area contributed by atoms with Gasteiger partial charge in [0.1, 0.15) is 5.82 Å². The Hall–Kier alpha value is -1.57. The molecule has 0 spiro atoms. The van der Waals surface area contributed by atoms with Gasteiger partial charge in [0.15, 0.2) is 4.80 Å². The highest BCUT2D eigenvalue weighted by Gasteiger charge is 2.08. The van der Waals surface area contributed by atoms with Crippen LogP contribution in [-0.4, -0.2) is 28.2 Å². The first-order chi connectivity index (χ1) is 13.1. The molecule has 0 aliphatic rings. The molecule has 0 atom stereocenters. The number of thiazole rings is 1. The standard InChI is InChI=1S/C20H21FN2OS3/c1-14-3-8-17-18(13-14)27-20(23(17)10-12-25-2)22-19(24)9-11-26-16-6-4-15(21)5-7-16/h3-8,13H,9-12H2,1-2H3. The summed E-state index contributed by atoms with van der Waals surface area (Å²) in [5, 5.41) is 0. The average Bonchev–Trinajstić information content (AvgIpc) is 2.97. The van der Waals surface area contributed by atoms with Gasteiger partial charge in [0.05, 0.1) is 10.2 Å². The van der Waals surface area contributed by atoms with Gasteiger partial charge in [-0.25, -0.2) is 4.39 Å². The Morgan fingerprint density at radius 3 is 2.70 bits per heavy atom. The second-order valence-electron chi connectivity index (χ2n) is 6.06. The summed E-state index contributed by atoms with van der Waals surface area (Å²) in [6, 6.07) is 12.7. The summed E-state index contributed by atoms with van der Waals surface area (Å²) in [6.07, 6.45) is 2.44. The second-order valence-corrected chi connectivity index (χ2v) is 9.22. The fraction of sp³-hybridized carbons (Fsp3) is 0.300. The summed E-state index contributed by atoms with van der Waals surface area (Å²) in [6.45, 7) is 2.90. The van der Waals surface area contributed by atoms with Crippen LogP contribution in [0.5, 0.6) is 0 Å². The molecule has 0 N–H and O–H groups in total. The first kappa shape index (κ1) is 20.2. The number of nitrogens with zero attached hydrogens (tertiary/aromatic N) is 2. The Morgan fingerprint density at radius 2 is 1.96 bits per heavy atom. The van der Waals surface area contributed by atoms with E-state index in [9.17, 15) is 9.18 Å². The van der Waals surface area contributed by atoms with E-state index in [0.29, 0.717) is 12.2 Å². The summed E-state index contributed by atoms with van der Waals surface area (Å²) in [5.74, 6) is 1.23. The summed E-state index contributed by atoms with van der Waals surface area (Å²) >= 11 is 4.88. The zero-order valence-electron chi connectivity index (χ0n) is 15.3. The molecule has 0 aliphatic carbocycles. The van der Waals surface area contributed by atoms with E-state index in [1.165, 1.54) is 29.5 Å². The fourth-order valence-corrected chi connectivity index (χ4v) is 4.99. The normalized spacial score (nSPS) is 12.0. The number of hydrogen-bond acceptors (Lipinski definition) is 4. The maximum atomic E-state index is 12.9. The number of thioether (sulfide) groups is 2. The van der Waals surface area contributed by atoms with Crippen molar-refractivity contribution in [3.63, 3.8) is 0 Å². The van der Waals surface area contributed by atoms with E-state index in [0.717, 1.165) is 32.2 Å². The highest BCUT2D eigenvalue weighted by atomic mass is 32.2. The van der Waals surface area contributed by atoms with Gasteiger partial charge in [0.2, 0.25) is 5.91 Å². The summed E-state index contributed by atoms with van der Waals surface area (Å²) in [5.41, 5.74) is 2.33. The zero-order chi connectivity index (χ0) is 19.2. The topological polar surface area (TPSA) is 34.4 Å². The highest BCUT2D eigenvalue weighted by molar-refractivity contribution is 7.99. The largest absolute Gasteiger partial charge is 0.316 e. The third-order valence-corrected chi connectivity index (χ3v) is 6.62. The molecule has 7 heteroatoms. The second kappa shape index (κ2) is 9.57. The molecule has 3 rings (SSSR count). The Morgan fingerprint density at radius 1 is 1.19 bits per heavy atom. The van der Waals surface area contributed by atoms with Gasteiger partial charge < -0.3 is 4.57 Å². The van der Waals surface area contributed by atoms with Gasteiger partial charge in [-0.1, -0.05) is 17.4 Å². The summed E-state index contributed by atoms with van der Waals surface area (Å²) in [4.78, 5) is 18.5.